The summed E-state index contributed by atoms with van der Waals surface area (Å²) >= 11 is 9.45. The van der Waals surface area contributed by atoms with E-state index < -0.39 is 0 Å². The second kappa shape index (κ2) is 8.15. The lowest BCUT2D eigenvalue weighted by molar-refractivity contribution is 0.284. The van der Waals surface area contributed by atoms with Crippen LogP contribution in [-0.4, -0.2) is 19.8 Å². The van der Waals surface area contributed by atoms with E-state index in [0.717, 1.165) is 21.7 Å². The number of benzene rings is 2. The average molecular weight is 371 g/mol. The lowest BCUT2D eigenvalue weighted by atomic mass is 10.3. The standard InChI is InChI=1S/C16H17BrClNO2/c1-2-20-15-5-3-4-6-16(15)21-10-9-19-14-11-12(18)7-8-13(14)17/h3-8,11,19H,2,9-10H2,1H3. The SMILES string of the molecule is CCOc1ccccc1OCCNc1cc(Cl)ccc1Br. The topological polar surface area (TPSA) is 30.5 Å². The van der Waals surface area contributed by atoms with Crippen LogP contribution in [0, 0.1) is 0 Å². The fourth-order valence-corrected chi connectivity index (χ4v) is 2.38. The summed E-state index contributed by atoms with van der Waals surface area (Å²) in [5.74, 6) is 1.52. The van der Waals surface area contributed by atoms with Gasteiger partial charge in [-0.1, -0.05) is 23.7 Å². The maximum absolute atomic E-state index is 5.97. The van der Waals surface area contributed by atoms with E-state index in [-0.39, 0.29) is 0 Å². The van der Waals surface area contributed by atoms with E-state index in [2.05, 4.69) is 21.2 Å². The molecule has 1 N–H and O–H groups in total. The number of halogens is 2. The molecule has 2 aromatic rings. The second-order valence-corrected chi connectivity index (χ2v) is 5.57. The summed E-state index contributed by atoms with van der Waals surface area (Å²) in [6, 6.07) is 13.3. The molecule has 0 unspecified atom stereocenters. The highest BCUT2D eigenvalue weighted by atomic mass is 79.9. The van der Waals surface area contributed by atoms with Gasteiger partial charge in [-0.15, -0.1) is 0 Å². The van der Waals surface area contributed by atoms with Gasteiger partial charge in [0.25, 0.3) is 0 Å². The van der Waals surface area contributed by atoms with Crippen LogP contribution in [0.3, 0.4) is 0 Å². The Balaban J connectivity index is 1.86. The Morgan fingerprint density at radius 2 is 1.81 bits per heavy atom. The van der Waals surface area contributed by atoms with Crippen molar-refractivity contribution in [3.05, 3.63) is 52.0 Å². The molecule has 0 aromatic heterocycles. The highest BCUT2D eigenvalue weighted by molar-refractivity contribution is 9.10. The van der Waals surface area contributed by atoms with Crippen molar-refractivity contribution in [2.75, 3.05) is 25.1 Å². The predicted octanol–water partition coefficient (Wildman–Crippen LogP) is 4.99. The van der Waals surface area contributed by atoms with Gasteiger partial charge in [-0.05, 0) is 53.2 Å². The molecule has 0 heterocycles. The highest BCUT2D eigenvalue weighted by Gasteiger charge is 2.04. The Bertz CT molecular complexity index is 592. The van der Waals surface area contributed by atoms with Gasteiger partial charge in [-0.25, -0.2) is 0 Å². The van der Waals surface area contributed by atoms with Crippen LogP contribution in [0.5, 0.6) is 11.5 Å². The molecular weight excluding hydrogens is 354 g/mol. The molecule has 3 nitrogen and oxygen atoms in total. The Morgan fingerprint density at radius 1 is 1.10 bits per heavy atom. The predicted molar refractivity (Wildman–Crippen MR) is 90.7 cm³/mol. The zero-order chi connectivity index (χ0) is 15.1. The monoisotopic (exact) mass is 369 g/mol. The summed E-state index contributed by atoms with van der Waals surface area (Å²) in [6.45, 7) is 3.77. The Kier molecular flexibility index (Phi) is 6.21. The summed E-state index contributed by atoms with van der Waals surface area (Å²) in [5.41, 5.74) is 0.948. The van der Waals surface area contributed by atoms with Gasteiger partial charge in [0.1, 0.15) is 6.61 Å². The summed E-state index contributed by atoms with van der Waals surface area (Å²) in [6.07, 6.45) is 0. The molecule has 0 saturated heterocycles. The minimum Gasteiger partial charge on any atom is -0.490 e. The minimum absolute atomic E-state index is 0.531. The summed E-state index contributed by atoms with van der Waals surface area (Å²) < 4.78 is 12.2. The Labute approximate surface area is 138 Å². The van der Waals surface area contributed by atoms with Gasteiger partial charge in [-0.2, -0.15) is 0 Å². The van der Waals surface area contributed by atoms with Crippen molar-refractivity contribution in [2.45, 2.75) is 6.92 Å². The molecule has 21 heavy (non-hydrogen) atoms. The van der Waals surface area contributed by atoms with Gasteiger partial charge in [0.2, 0.25) is 0 Å². The maximum Gasteiger partial charge on any atom is 0.161 e. The van der Waals surface area contributed by atoms with E-state index in [0.29, 0.717) is 24.8 Å². The quantitative estimate of drug-likeness (QED) is 0.696. The van der Waals surface area contributed by atoms with E-state index in [1.54, 1.807) is 0 Å². The smallest absolute Gasteiger partial charge is 0.161 e. The van der Waals surface area contributed by atoms with Crippen LogP contribution < -0.4 is 14.8 Å². The van der Waals surface area contributed by atoms with Gasteiger partial charge in [-0.3, -0.25) is 0 Å². The first-order chi connectivity index (χ1) is 10.2. The van der Waals surface area contributed by atoms with Gasteiger partial charge in [0, 0.05) is 16.0 Å². The van der Waals surface area contributed by atoms with Crippen LogP contribution >= 0.6 is 27.5 Å². The number of rotatable bonds is 7. The van der Waals surface area contributed by atoms with E-state index in [4.69, 9.17) is 21.1 Å². The second-order valence-electron chi connectivity index (χ2n) is 4.28. The molecule has 5 heteroatoms. The van der Waals surface area contributed by atoms with Gasteiger partial charge in [0.15, 0.2) is 11.5 Å². The third-order valence-corrected chi connectivity index (χ3v) is 3.68. The number of hydrogen-bond donors (Lipinski definition) is 1. The molecule has 2 rings (SSSR count). The third kappa shape index (κ3) is 4.83. The molecule has 0 saturated carbocycles. The number of hydrogen-bond acceptors (Lipinski definition) is 3. The van der Waals surface area contributed by atoms with Crippen molar-refractivity contribution in [3.8, 4) is 11.5 Å². The van der Waals surface area contributed by atoms with Crippen molar-refractivity contribution < 1.29 is 9.47 Å². The molecule has 0 aliphatic heterocycles. The first-order valence-corrected chi connectivity index (χ1v) is 7.91. The molecule has 112 valence electrons. The molecule has 0 bridgehead atoms. The molecule has 0 aliphatic carbocycles. The van der Waals surface area contributed by atoms with Gasteiger partial charge >= 0.3 is 0 Å². The lowest BCUT2D eigenvalue weighted by Crippen LogP contribution is -2.12. The largest absolute Gasteiger partial charge is 0.490 e. The molecule has 0 aliphatic rings. The van der Waals surface area contributed by atoms with E-state index in [1.807, 2.05) is 49.4 Å². The highest BCUT2D eigenvalue weighted by Crippen LogP contribution is 2.27. The molecular formula is C16H17BrClNO2. The fraction of sp³-hybridized carbons (Fsp3) is 0.250. The van der Waals surface area contributed by atoms with Crippen molar-refractivity contribution >= 4 is 33.2 Å². The van der Waals surface area contributed by atoms with Crippen LogP contribution in [0.25, 0.3) is 0 Å². The average Bonchev–Trinajstić information content (AvgIpc) is 2.49. The number of nitrogens with one attached hydrogen (secondary N) is 1. The van der Waals surface area contributed by atoms with Crippen LogP contribution in [0.2, 0.25) is 5.02 Å². The Morgan fingerprint density at radius 3 is 2.52 bits per heavy atom. The van der Waals surface area contributed by atoms with Crippen LogP contribution in [-0.2, 0) is 0 Å². The van der Waals surface area contributed by atoms with E-state index in [9.17, 15) is 0 Å². The third-order valence-electron chi connectivity index (χ3n) is 2.75. The first kappa shape index (κ1) is 16.0. The van der Waals surface area contributed by atoms with Crippen LogP contribution in [0.1, 0.15) is 6.92 Å². The van der Waals surface area contributed by atoms with Crippen molar-refractivity contribution in [3.63, 3.8) is 0 Å². The van der Waals surface area contributed by atoms with E-state index in [1.165, 1.54) is 0 Å². The molecule has 0 fully saturated rings. The zero-order valence-corrected chi connectivity index (χ0v) is 14.1. The van der Waals surface area contributed by atoms with E-state index >= 15 is 0 Å². The normalized spacial score (nSPS) is 10.2. The lowest BCUT2D eigenvalue weighted by Gasteiger charge is -2.13. The summed E-state index contributed by atoms with van der Waals surface area (Å²) in [5, 5.41) is 3.98. The minimum atomic E-state index is 0.531. The molecule has 0 spiro atoms. The van der Waals surface area contributed by atoms with Crippen molar-refractivity contribution in [1.82, 2.24) is 0 Å². The summed E-state index contributed by atoms with van der Waals surface area (Å²) in [4.78, 5) is 0. The maximum atomic E-state index is 5.97. The molecule has 0 amide bonds. The van der Waals surface area contributed by atoms with Gasteiger partial charge < -0.3 is 14.8 Å². The molecule has 2 aromatic carbocycles. The fourth-order valence-electron chi connectivity index (χ4n) is 1.82. The van der Waals surface area contributed by atoms with Crippen LogP contribution in [0.4, 0.5) is 5.69 Å². The number of ether oxygens (including phenoxy) is 2. The molecule has 0 radical (unpaired) electrons. The number of anilines is 1. The van der Waals surface area contributed by atoms with Gasteiger partial charge in [0.05, 0.1) is 12.3 Å². The van der Waals surface area contributed by atoms with Crippen LogP contribution in [0.15, 0.2) is 46.9 Å². The van der Waals surface area contributed by atoms with Crippen molar-refractivity contribution in [2.24, 2.45) is 0 Å². The Hall–Kier alpha value is -1.39. The first-order valence-electron chi connectivity index (χ1n) is 6.74. The summed E-state index contributed by atoms with van der Waals surface area (Å²) in [7, 11) is 0. The van der Waals surface area contributed by atoms with Crippen molar-refractivity contribution in [1.29, 1.82) is 0 Å². The zero-order valence-electron chi connectivity index (χ0n) is 11.7. The molecule has 0 atom stereocenters. The number of para-hydroxylation sites is 2.